The van der Waals surface area contributed by atoms with Crippen LogP contribution in [0.1, 0.15) is 30.9 Å². The first-order valence-corrected chi connectivity index (χ1v) is 11.3. The highest BCUT2D eigenvalue weighted by Gasteiger charge is 2.19. The highest BCUT2D eigenvalue weighted by molar-refractivity contribution is 7.90. The van der Waals surface area contributed by atoms with Gasteiger partial charge in [0.1, 0.15) is 0 Å². The Morgan fingerprint density at radius 3 is 2.15 bits per heavy atom. The molecule has 1 aliphatic rings. The predicted molar refractivity (Wildman–Crippen MR) is 108 cm³/mol. The summed E-state index contributed by atoms with van der Waals surface area (Å²) in [7, 11) is -3.30. The van der Waals surface area contributed by atoms with E-state index in [4.69, 9.17) is 0 Å². The number of rotatable bonds is 6. The summed E-state index contributed by atoms with van der Waals surface area (Å²) in [5, 5.41) is 7.96. The lowest BCUT2D eigenvalue weighted by Crippen LogP contribution is -2.47. The van der Waals surface area contributed by atoms with Crippen LogP contribution >= 0.6 is 0 Å². The van der Waals surface area contributed by atoms with E-state index in [0.717, 1.165) is 51.2 Å². The maximum atomic E-state index is 11.5. The number of nitrogens with zero attached hydrogens (tertiary/aromatic N) is 4. The highest BCUT2D eigenvalue weighted by Crippen LogP contribution is 2.17. The Labute approximate surface area is 162 Å². The van der Waals surface area contributed by atoms with E-state index in [0.29, 0.717) is 5.92 Å². The molecule has 3 rings (SSSR count). The Balaban J connectivity index is 1.48. The van der Waals surface area contributed by atoms with Gasteiger partial charge in [0.05, 0.1) is 0 Å². The number of benzene rings is 1. The van der Waals surface area contributed by atoms with Crippen LogP contribution in [0, 0.1) is 0 Å². The first kappa shape index (κ1) is 19.8. The van der Waals surface area contributed by atoms with Crippen LogP contribution in [-0.4, -0.2) is 62.5 Å². The van der Waals surface area contributed by atoms with Crippen LogP contribution in [0.4, 0.5) is 5.82 Å². The molecule has 0 unspecified atom stereocenters. The summed E-state index contributed by atoms with van der Waals surface area (Å²) in [5.41, 5.74) is 2.76. The maximum Gasteiger partial charge on any atom is 0.194 e. The van der Waals surface area contributed by atoms with Crippen LogP contribution in [0.3, 0.4) is 0 Å². The molecule has 1 fully saturated rings. The summed E-state index contributed by atoms with van der Waals surface area (Å²) in [6.45, 7) is 9.17. The van der Waals surface area contributed by atoms with Gasteiger partial charge in [-0.2, -0.15) is 0 Å². The van der Waals surface area contributed by atoms with E-state index in [-0.39, 0.29) is 5.03 Å². The molecule has 6 nitrogen and oxygen atoms in total. The summed E-state index contributed by atoms with van der Waals surface area (Å²) in [6, 6.07) is 12.2. The highest BCUT2D eigenvalue weighted by atomic mass is 32.2. The number of piperazine rings is 1. The molecule has 27 heavy (non-hydrogen) atoms. The van der Waals surface area contributed by atoms with Crippen molar-refractivity contribution in [2.75, 3.05) is 43.9 Å². The Hall–Kier alpha value is -1.99. The van der Waals surface area contributed by atoms with E-state index in [1.807, 2.05) is 0 Å². The zero-order valence-electron chi connectivity index (χ0n) is 16.3. The molecule has 1 saturated heterocycles. The number of hydrogen-bond donors (Lipinski definition) is 0. The molecule has 1 aromatic heterocycles. The van der Waals surface area contributed by atoms with Crippen molar-refractivity contribution in [3.05, 3.63) is 47.5 Å². The average Bonchev–Trinajstić information content (AvgIpc) is 2.66. The fraction of sp³-hybridized carbons (Fsp3) is 0.500. The molecule has 0 radical (unpaired) electrons. The van der Waals surface area contributed by atoms with Gasteiger partial charge in [-0.3, -0.25) is 4.90 Å². The fourth-order valence-corrected chi connectivity index (χ4v) is 3.74. The normalized spacial score (nSPS) is 16.1. The third-order valence-electron chi connectivity index (χ3n) is 5.07. The van der Waals surface area contributed by atoms with Gasteiger partial charge in [-0.25, -0.2) is 8.42 Å². The molecule has 1 aliphatic heterocycles. The van der Waals surface area contributed by atoms with Crippen molar-refractivity contribution in [1.29, 1.82) is 0 Å². The van der Waals surface area contributed by atoms with Gasteiger partial charge >= 0.3 is 0 Å². The molecule has 0 bridgehead atoms. The third-order valence-corrected chi connectivity index (χ3v) is 6.04. The van der Waals surface area contributed by atoms with E-state index in [2.05, 4.69) is 58.1 Å². The molecule has 0 saturated carbocycles. The van der Waals surface area contributed by atoms with E-state index in [1.165, 1.54) is 17.2 Å². The van der Waals surface area contributed by atoms with Gasteiger partial charge in [-0.05, 0) is 35.6 Å². The third kappa shape index (κ3) is 5.26. The smallest absolute Gasteiger partial charge is 0.194 e. The zero-order chi connectivity index (χ0) is 19.4. The minimum atomic E-state index is -3.30. The van der Waals surface area contributed by atoms with Gasteiger partial charge in [0.15, 0.2) is 20.7 Å². The van der Waals surface area contributed by atoms with Gasteiger partial charge < -0.3 is 4.90 Å². The first-order valence-electron chi connectivity index (χ1n) is 9.43. The molecule has 0 aliphatic carbocycles. The summed E-state index contributed by atoms with van der Waals surface area (Å²) in [4.78, 5) is 4.62. The molecule has 2 aromatic rings. The van der Waals surface area contributed by atoms with Crippen LogP contribution in [0.2, 0.25) is 0 Å². The molecule has 0 spiro atoms. The van der Waals surface area contributed by atoms with Crippen LogP contribution < -0.4 is 4.90 Å². The first-order chi connectivity index (χ1) is 12.8. The largest absolute Gasteiger partial charge is 0.353 e. The number of hydrogen-bond acceptors (Lipinski definition) is 6. The monoisotopic (exact) mass is 388 g/mol. The number of anilines is 1. The lowest BCUT2D eigenvalue weighted by molar-refractivity contribution is 0.260. The standard InChI is InChI=1S/C20H28N4O2S/c1-16(2)18-6-4-17(5-7-18)10-11-23-12-14-24(15-13-23)19-8-9-20(22-21-19)27(3,25)26/h4-9,16H,10-15H2,1-3H3. The summed E-state index contributed by atoms with van der Waals surface area (Å²) in [5.74, 6) is 1.31. The number of aromatic nitrogens is 2. The zero-order valence-corrected chi connectivity index (χ0v) is 17.1. The van der Waals surface area contributed by atoms with Crippen LogP contribution in [0.5, 0.6) is 0 Å². The topological polar surface area (TPSA) is 66.4 Å². The maximum absolute atomic E-state index is 11.5. The van der Waals surface area contributed by atoms with Crippen molar-refractivity contribution in [3.63, 3.8) is 0 Å². The Morgan fingerprint density at radius 1 is 0.963 bits per heavy atom. The van der Waals surface area contributed by atoms with Crippen LogP contribution in [-0.2, 0) is 16.3 Å². The second kappa shape index (κ2) is 8.35. The quantitative estimate of drug-likeness (QED) is 0.757. The van der Waals surface area contributed by atoms with Gasteiger partial charge in [-0.15, -0.1) is 10.2 Å². The number of sulfone groups is 1. The van der Waals surface area contributed by atoms with Crippen molar-refractivity contribution < 1.29 is 8.42 Å². The Morgan fingerprint density at radius 2 is 1.63 bits per heavy atom. The van der Waals surface area contributed by atoms with Crippen molar-refractivity contribution in [3.8, 4) is 0 Å². The second-order valence-corrected chi connectivity index (χ2v) is 9.44. The molecule has 146 valence electrons. The fourth-order valence-electron chi connectivity index (χ4n) is 3.24. The predicted octanol–water partition coefficient (Wildman–Crippen LogP) is 2.37. The summed E-state index contributed by atoms with van der Waals surface area (Å²) < 4.78 is 23.0. The van der Waals surface area contributed by atoms with Gasteiger partial charge in [0.2, 0.25) is 0 Å². The van der Waals surface area contributed by atoms with Crippen LogP contribution in [0.25, 0.3) is 0 Å². The van der Waals surface area contributed by atoms with Crippen molar-refractivity contribution in [2.24, 2.45) is 0 Å². The van der Waals surface area contributed by atoms with E-state index in [1.54, 1.807) is 6.07 Å². The summed E-state index contributed by atoms with van der Waals surface area (Å²) in [6.07, 6.45) is 2.20. The molecule has 7 heteroatoms. The molecular weight excluding hydrogens is 360 g/mol. The van der Waals surface area contributed by atoms with Crippen molar-refractivity contribution in [2.45, 2.75) is 31.2 Å². The van der Waals surface area contributed by atoms with E-state index >= 15 is 0 Å². The van der Waals surface area contributed by atoms with Gasteiger partial charge in [-0.1, -0.05) is 38.1 Å². The average molecular weight is 389 g/mol. The second-order valence-electron chi connectivity index (χ2n) is 7.48. The van der Waals surface area contributed by atoms with E-state index in [9.17, 15) is 8.42 Å². The van der Waals surface area contributed by atoms with Crippen LogP contribution in [0.15, 0.2) is 41.4 Å². The summed E-state index contributed by atoms with van der Waals surface area (Å²) >= 11 is 0. The molecule has 0 N–H and O–H groups in total. The minimum Gasteiger partial charge on any atom is -0.353 e. The Bertz CT molecular complexity index is 841. The van der Waals surface area contributed by atoms with Gasteiger partial charge in [0, 0.05) is 39.0 Å². The SMILES string of the molecule is CC(C)c1ccc(CCN2CCN(c3ccc(S(C)(=O)=O)nn3)CC2)cc1. The lowest BCUT2D eigenvalue weighted by Gasteiger charge is -2.35. The molecule has 1 aromatic carbocycles. The minimum absolute atomic E-state index is 0.0216. The van der Waals surface area contributed by atoms with Crippen molar-refractivity contribution >= 4 is 15.7 Å². The lowest BCUT2D eigenvalue weighted by atomic mass is 10.0. The molecule has 0 atom stereocenters. The molecular formula is C20H28N4O2S. The van der Waals surface area contributed by atoms with Crippen molar-refractivity contribution in [1.82, 2.24) is 15.1 Å². The van der Waals surface area contributed by atoms with E-state index < -0.39 is 9.84 Å². The molecule has 2 heterocycles. The Kier molecular flexibility index (Phi) is 6.11. The van der Waals surface area contributed by atoms with Gasteiger partial charge in [0.25, 0.3) is 0 Å². The molecule has 0 amide bonds.